The highest BCUT2D eigenvalue weighted by Gasteiger charge is 2.27. The maximum absolute atomic E-state index is 10.8. The number of imidazole rings is 1. The van der Waals surface area contributed by atoms with Gasteiger partial charge in [0.25, 0.3) is 0 Å². The molecule has 8 heteroatoms. The normalized spacial score (nSPS) is 16.5. The van der Waals surface area contributed by atoms with Crippen molar-refractivity contribution in [2.24, 2.45) is 0 Å². The topological polar surface area (TPSA) is 70.3 Å². The van der Waals surface area contributed by atoms with Crippen molar-refractivity contribution in [2.45, 2.75) is 18.7 Å². The first kappa shape index (κ1) is 22.0. The summed E-state index contributed by atoms with van der Waals surface area (Å²) in [6.07, 6.45) is 2.52. The molecule has 1 saturated heterocycles. The molecule has 0 bridgehead atoms. The third-order valence-electron chi connectivity index (χ3n) is 6.24. The summed E-state index contributed by atoms with van der Waals surface area (Å²) in [6, 6.07) is 21.6. The van der Waals surface area contributed by atoms with Crippen LogP contribution in [0.15, 0.2) is 73.3 Å². The fourth-order valence-electron chi connectivity index (χ4n) is 4.68. The van der Waals surface area contributed by atoms with E-state index in [1.807, 2.05) is 4.57 Å². The summed E-state index contributed by atoms with van der Waals surface area (Å²) in [6.45, 7) is 4.69. The van der Waals surface area contributed by atoms with Gasteiger partial charge in [-0.25, -0.2) is 15.0 Å². The Bertz CT molecular complexity index is 1140. The van der Waals surface area contributed by atoms with E-state index in [1.165, 1.54) is 17.5 Å². The van der Waals surface area contributed by atoms with Crippen molar-refractivity contribution in [2.75, 3.05) is 32.7 Å². The fourth-order valence-corrected chi connectivity index (χ4v) is 4.92. The number of hydrogen-bond donors (Lipinski definition) is 1. The Labute approximate surface area is 198 Å². The molecule has 3 heterocycles. The molecular weight excluding hydrogens is 436 g/mol. The summed E-state index contributed by atoms with van der Waals surface area (Å²) in [7, 11) is 0. The van der Waals surface area contributed by atoms with Crippen LogP contribution in [-0.2, 0) is 6.54 Å². The molecule has 1 aliphatic rings. The van der Waals surface area contributed by atoms with Crippen LogP contribution in [0, 0.1) is 0 Å². The molecule has 1 aliphatic heterocycles. The molecule has 4 aromatic rings. The van der Waals surface area contributed by atoms with E-state index in [0.29, 0.717) is 29.4 Å². The minimum atomic E-state index is -0.538. The number of benzene rings is 2. The average Bonchev–Trinajstić information content (AvgIpc) is 3.25. The molecule has 2 aromatic carbocycles. The highest BCUT2D eigenvalue weighted by atomic mass is 35.5. The number of fused-ring (bicyclic) bond motifs is 1. The lowest BCUT2D eigenvalue weighted by atomic mass is 9.96. The predicted molar refractivity (Wildman–Crippen MR) is 129 cm³/mol. The van der Waals surface area contributed by atoms with Gasteiger partial charge in [0.05, 0.1) is 25.0 Å². The number of β-amino-alcohol motifs (C(OH)–C–C–N with tert-alkyl or cyclic N) is 1. The molecule has 33 heavy (non-hydrogen) atoms. The molecule has 1 unspecified atom stereocenters. The first-order chi connectivity index (χ1) is 16.2. The Morgan fingerprint density at radius 2 is 1.45 bits per heavy atom. The van der Waals surface area contributed by atoms with Crippen LogP contribution in [0.2, 0.25) is 5.15 Å². The Morgan fingerprint density at radius 1 is 0.818 bits per heavy atom. The molecule has 1 N–H and O–H groups in total. The lowest BCUT2D eigenvalue weighted by Gasteiger charge is -2.40. The average molecular weight is 463 g/mol. The van der Waals surface area contributed by atoms with Crippen molar-refractivity contribution < 1.29 is 5.11 Å². The van der Waals surface area contributed by atoms with Gasteiger partial charge >= 0.3 is 0 Å². The summed E-state index contributed by atoms with van der Waals surface area (Å²) >= 11 is 6.22. The maximum Gasteiger partial charge on any atom is 0.182 e. The fraction of sp³-hybridized carbons (Fsp3) is 0.320. The molecular formula is C25H27ClN6O. The SMILES string of the molecule is OC(CN1CCN(C(c2ccccc2)c2ccccc2)CC1)Cn1cnc2ncnc(Cl)c21. The smallest absolute Gasteiger partial charge is 0.182 e. The van der Waals surface area contributed by atoms with Gasteiger partial charge in [-0.1, -0.05) is 72.3 Å². The van der Waals surface area contributed by atoms with Gasteiger partial charge in [-0.2, -0.15) is 0 Å². The van der Waals surface area contributed by atoms with E-state index in [4.69, 9.17) is 11.6 Å². The van der Waals surface area contributed by atoms with Crippen LogP contribution < -0.4 is 0 Å². The second-order valence-electron chi connectivity index (χ2n) is 8.45. The largest absolute Gasteiger partial charge is 0.390 e. The Morgan fingerprint density at radius 3 is 2.09 bits per heavy atom. The molecule has 170 valence electrons. The van der Waals surface area contributed by atoms with E-state index in [-0.39, 0.29) is 6.04 Å². The number of halogens is 1. The lowest BCUT2D eigenvalue weighted by molar-refractivity contribution is 0.0560. The second-order valence-corrected chi connectivity index (χ2v) is 8.81. The van der Waals surface area contributed by atoms with Gasteiger partial charge in [0.15, 0.2) is 10.8 Å². The van der Waals surface area contributed by atoms with Crippen LogP contribution >= 0.6 is 11.6 Å². The van der Waals surface area contributed by atoms with E-state index >= 15 is 0 Å². The van der Waals surface area contributed by atoms with Gasteiger partial charge < -0.3 is 9.67 Å². The molecule has 0 saturated carbocycles. The third kappa shape index (κ3) is 4.91. The Kier molecular flexibility index (Phi) is 6.64. The molecule has 2 aromatic heterocycles. The molecule has 1 fully saturated rings. The van der Waals surface area contributed by atoms with E-state index in [2.05, 4.69) is 85.4 Å². The highest BCUT2D eigenvalue weighted by molar-refractivity contribution is 6.33. The molecule has 0 radical (unpaired) electrons. The van der Waals surface area contributed by atoms with Crippen LogP contribution in [0.5, 0.6) is 0 Å². The minimum Gasteiger partial charge on any atom is -0.390 e. The van der Waals surface area contributed by atoms with Crippen LogP contribution in [0.1, 0.15) is 17.2 Å². The quantitative estimate of drug-likeness (QED) is 0.425. The standard InChI is InChI=1S/C25H27ClN6O/c26-24-23-25(28-17-27-24)29-18-32(23)16-21(33)15-30-11-13-31(14-12-30)22(19-7-3-1-4-8-19)20-9-5-2-6-10-20/h1-10,17-18,21-22,33H,11-16H2. The van der Waals surface area contributed by atoms with Crippen molar-refractivity contribution in [3.05, 3.63) is 89.6 Å². The number of hydrogen-bond acceptors (Lipinski definition) is 6. The van der Waals surface area contributed by atoms with Crippen molar-refractivity contribution in [1.82, 2.24) is 29.3 Å². The summed E-state index contributed by atoms with van der Waals surface area (Å²) < 4.78 is 1.83. The zero-order valence-electron chi connectivity index (χ0n) is 18.3. The summed E-state index contributed by atoms with van der Waals surface area (Å²) in [5, 5.41) is 11.1. The van der Waals surface area contributed by atoms with Crippen LogP contribution in [0.4, 0.5) is 0 Å². The summed E-state index contributed by atoms with van der Waals surface area (Å²) in [5.41, 5.74) is 3.83. The van der Waals surface area contributed by atoms with Crippen molar-refractivity contribution in [3.8, 4) is 0 Å². The van der Waals surface area contributed by atoms with Gasteiger partial charge in [0.2, 0.25) is 0 Å². The molecule has 0 spiro atoms. The van der Waals surface area contributed by atoms with Crippen molar-refractivity contribution >= 4 is 22.8 Å². The molecule has 7 nitrogen and oxygen atoms in total. The minimum absolute atomic E-state index is 0.235. The van der Waals surface area contributed by atoms with Crippen LogP contribution in [-0.4, -0.2) is 73.3 Å². The number of aliphatic hydroxyl groups is 1. The molecule has 0 aliphatic carbocycles. The number of rotatable bonds is 7. The monoisotopic (exact) mass is 462 g/mol. The zero-order valence-corrected chi connectivity index (χ0v) is 19.1. The van der Waals surface area contributed by atoms with E-state index in [1.54, 1.807) is 6.33 Å². The predicted octanol–water partition coefficient (Wildman–Crippen LogP) is 3.25. The van der Waals surface area contributed by atoms with Gasteiger partial charge in [0.1, 0.15) is 11.8 Å². The first-order valence-electron chi connectivity index (χ1n) is 11.2. The maximum atomic E-state index is 10.8. The van der Waals surface area contributed by atoms with Gasteiger partial charge in [-0.15, -0.1) is 0 Å². The van der Waals surface area contributed by atoms with Crippen LogP contribution in [0.25, 0.3) is 11.2 Å². The highest BCUT2D eigenvalue weighted by Crippen LogP contribution is 2.29. The van der Waals surface area contributed by atoms with E-state index in [0.717, 1.165) is 26.2 Å². The van der Waals surface area contributed by atoms with E-state index in [9.17, 15) is 5.11 Å². The number of aromatic nitrogens is 4. The Hall–Kier alpha value is -2.84. The van der Waals surface area contributed by atoms with Crippen molar-refractivity contribution in [1.29, 1.82) is 0 Å². The van der Waals surface area contributed by atoms with E-state index < -0.39 is 6.10 Å². The van der Waals surface area contributed by atoms with Gasteiger partial charge in [0, 0.05) is 32.7 Å². The van der Waals surface area contributed by atoms with Crippen LogP contribution in [0.3, 0.4) is 0 Å². The second kappa shape index (κ2) is 9.97. The molecule has 1 atom stereocenters. The molecule has 5 rings (SSSR count). The molecule has 0 amide bonds. The number of piperazine rings is 1. The first-order valence-corrected chi connectivity index (χ1v) is 11.6. The number of aliphatic hydroxyl groups excluding tert-OH is 1. The van der Waals surface area contributed by atoms with Crippen molar-refractivity contribution in [3.63, 3.8) is 0 Å². The third-order valence-corrected chi connectivity index (χ3v) is 6.52. The summed E-state index contributed by atoms with van der Waals surface area (Å²) in [4.78, 5) is 17.3. The number of nitrogens with zero attached hydrogens (tertiary/aromatic N) is 6. The summed E-state index contributed by atoms with van der Waals surface area (Å²) in [5.74, 6) is 0. The lowest BCUT2D eigenvalue weighted by Crippen LogP contribution is -2.50. The van der Waals surface area contributed by atoms with Gasteiger partial charge in [-0.05, 0) is 11.1 Å². The Balaban J connectivity index is 1.23. The zero-order chi connectivity index (χ0) is 22.6. The van der Waals surface area contributed by atoms with Gasteiger partial charge in [-0.3, -0.25) is 9.80 Å².